The van der Waals surface area contributed by atoms with Crippen LogP contribution in [0.1, 0.15) is 85.5 Å². The minimum absolute atomic E-state index is 0.175. The van der Waals surface area contributed by atoms with Gasteiger partial charge in [-0.25, -0.2) is 9.31 Å². The fourth-order valence-corrected chi connectivity index (χ4v) is 6.08. The van der Waals surface area contributed by atoms with Crippen LogP contribution in [0.2, 0.25) is 0 Å². The molecule has 7 rings (SSSR count). The van der Waals surface area contributed by atoms with E-state index in [1.165, 1.54) is 5.56 Å². The highest BCUT2D eigenvalue weighted by molar-refractivity contribution is 6.09. The molecule has 0 atom stereocenters. The number of pyridine rings is 2. The smallest absolute Gasteiger partial charge is 0.410 e. The van der Waals surface area contributed by atoms with E-state index in [4.69, 9.17) is 9.26 Å². The topological polar surface area (TPSA) is 115 Å². The largest absolute Gasteiger partial charge is 0.444 e. The SMILES string of the molecule is Cc1cnc(-c2cc(C3CC3)on2)cc1NC(=O)c1cnn2ccc(C3CC4(C3)CN(C(=O)OC(C)(C)C)C4)cc12. The van der Waals surface area contributed by atoms with Crippen molar-refractivity contribution < 1.29 is 18.8 Å². The van der Waals surface area contributed by atoms with Crippen molar-refractivity contribution in [3.8, 4) is 11.4 Å². The number of hydrogen-bond acceptors (Lipinski definition) is 7. The summed E-state index contributed by atoms with van der Waals surface area (Å²) in [6, 6.07) is 7.93. The number of amides is 2. The van der Waals surface area contributed by atoms with E-state index in [9.17, 15) is 9.59 Å². The van der Waals surface area contributed by atoms with Crippen LogP contribution in [0.15, 0.2) is 47.4 Å². The van der Waals surface area contributed by atoms with Crippen LogP contribution in [0.5, 0.6) is 0 Å². The highest BCUT2D eigenvalue weighted by atomic mass is 16.6. The van der Waals surface area contributed by atoms with Gasteiger partial charge in [0.2, 0.25) is 0 Å². The third-order valence-corrected chi connectivity index (χ3v) is 8.45. The predicted molar refractivity (Wildman–Crippen MR) is 152 cm³/mol. The third-order valence-electron chi connectivity index (χ3n) is 8.45. The van der Waals surface area contributed by atoms with Crippen molar-refractivity contribution in [3.63, 3.8) is 0 Å². The second-order valence-electron chi connectivity index (χ2n) is 13.0. The Morgan fingerprint density at radius 2 is 1.85 bits per heavy atom. The molecule has 4 aromatic rings. The fraction of sp³-hybridized carbons (Fsp3) is 0.452. The molecule has 212 valence electrons. The molecule has 1 saturated heterocycles. The van der Waals surface area contributed by atoms with E-state index in [1.807, 2.05) is 46.0 Å². The molecule has 10 nitrogen and oxygen atoms in total. The third kappa shape index (κ3) is 4.85. The van der Waals surface area contributed by atoms with Crippen molar-refractivity contribution in [1.82, 2.24) is 24.7 Å². The van der Waals surface area contributed by atoms with Crippen molar-refractivity contribution in [2.24, 2.45) is 5.41 Å². The molecule has 2 saturated carbocycles. The van der Waals surface area contributed by atoms with Crippen LogP contribution in [-0.4, -0.2) is 55.3 Å². The molecule has 10 heteroatoms. The van der Waals surface area contributed by atoms with Gasteiger partial charge in [0.1, 0.15) is 17.1 Å². The molecule has 0 bridgehead atoms. The Kier molecular flexibility index (Phi) is 5.75. The van der Waals surface area contributed by atoms with Gasteiger partial charge in [-0.1, -0.05) is 5.16 Å². The Morgan fingerprint density at radius 3 is 2.59 bits per heavy atom. The first-order chi connectivity index (χ1) is 19.6. The van der Waals surface area contributed by atoms with E-state index < -0.39 is 5.60 Å². The molecule has 41 heavy (non-hydrogen) atoms. The van der Waals surface area contributed by atoms with Gasteiger partial charge in [-0.05, 0) is 88.6 Å². The first-order valence-corrected chi connectivity index (χ1v) is 14.3. The Bertz CT molecular complexity index is 1660. The summed E-state index contributed by atoms with van der Waals surface area (Å²) >= 11 is 0. The second-order valence-corrected chi connectivity index (χ2v) is 13.0. The summed E-state index contributed by atoms with van der Waals surface area (Å²) in [7, 11) is 0. The van der Waals surface area contributed by atoms with Crippen molar-refractivity contribution in [2.75, 3.05) is 18.4 Å². The van der Waals surface area contributed by atoms with E-state index in [0.29, 0.717) is 34.5 Å². The van der Waals surface area contributed by atoms with Crippen molar-refractivity contribution in [2.45, 2.75) is 70.8 Å². The quantitative estimate of drug-likeness (QED) is 0.325. The molecule has 3 fully saturated rings. The highest BCUT2D eigenvalue weighted by Crippen LogP contribution is 2.56. The van der Waals surface area contributed by atoms with Crippen LogP contribution >= 0.6 is 0 Å². The van der Waals surface area contributed by atoms with Gasteiger partial charge in [0.25, 0.3) is 5.91 Å². The number of nitrogens with zero attached hydrogens (tertiary/aromatic N) is 5. The Balaban J connectivity index is 1.04. The molecule has 2 aliphatic carbocycles. The average Bonchev–Trinajstić information content (AvgIpc) is 3.44. The van der Waals surface area contributed by atoms with Crippen molar-refractivity contribution in [3.05, 3.63) is 65.3 Å². The predicted octanol–water partition coefficient (Wildman–Crippen LogP) is 5.94. The van der Waals surface area contributed by atoms with Crippen LogP contribution < -0.4 is 5.32 Å². The monoisotopic (exact) mass is 554 g/mol. The summed E-state index contributed by atoms with van der Waals surface area (Å²) < 4.78 is 12.7. The number of aromatic nitrogens is 4. The number of hydrogen-bond donors (Lipinski definition) is 1. The summed E-state index contributed by atoms with van der Waals surface area (Å²) in [4.78, 5) is 32.1. The van der Waals surface area contributed by atoms with E-state index in [0.717, 1.165) is 55.6 Å². The van der Waals surface area contributed by atoms with Gasteiger partial charge in [-0.15, -0.1) is 0 Å². The minimum Gasteiger partial charge on any atom is -0.444 e. The number of rotatable bonds is 5. The number of likely N-dealkylation sites (tertiary alicyclic amines) is 1. The molecule has 1 aliphatic heterocycles. The van der Waals surface area contributed by atoms with Crippen molar-refractivity contribution in [1.29, 1.82) is 0 Å². The first-order valence-electron chi connectivity index (χ1n) is 14.3. The van der Waals surface area contributed by atoms with Gasteiger partial charge in [-0.2, -0.15) is 5.10 Å². The number of ether oxygens (including phenoxy) is 1. The number of fused-ring (bicyclic) bond motifs is 1. The summed E-state index contributed by atoms with van der Waals surface area (Å²) in [6.45, 7) is 9.06. The lowest BCUT2D eigenvalue weighted by Crippen LogP contribution is -2.63. The molecule has 1 N–H and O–H groups in total. The maximum Gasteiger partial charge on any atom is 0.410 e. The maximum absolute atomic E-state index is 13.4. The van der Waals surface area contributed by atoms with Crippen LogP contribution in [0.4, 0.5) is 10.5 Å². The molecule has 0 radical (unpaired) electrons. The van der Waals surface area contributed by atoms with Gasteiger partial charge in [0, 0.05) is 48.6 Å². The molecule has 0 unspecified atom stereocenters. The Hall–Kier alpha value is -4.21. The molecular weight excluding hydrogens is 520 g/mol. The Labute approximate surface area is 238 Å². The van der Waals surface area contributed by atoms with Crippen LogP contribution in [0, 0.1) is 12.3 Å². The number of anilines is 1. The zero-order valence-corrected chi connectivity index (χ0v) is 23.8. The first kappa shape index (κ1) is 25.7. The van der Waals surface area contributed by atoms with Gasteiger partial charge < -0.3 is 19.5 Å². The number of carbonyl (C=O) groups is 2. The lowest BCUT2D eigenvalue weighted by atomic mass is 9.56. The minimum atomic E-state index is -0.484. The van der Waals surface area contributed by atoms with Crippen LogP contribution in [0.25, 0.3) is 16.9 Å². The van der Waals surface area contributed by atoms with Gasteiger partial charge in [-0.3, -0.25) is 9.78 Å². The van der Waals surface area contributed by atoms with E-state index in [2.05, 4.69) is 32.7 Å². The van der Waals surface area contributed by atoms with Gasteiger partial charge in [0.15, 0.2) is 0 Å². The molecular formula is C31H34N6O4. The van der Waals surface area contributed by atoms with Crippen molar-refractivity contribution >= 4 is 23.2 Å². The molecule has 2 amide bonds. The summed E-state index contributed by atoms with van der Waals surface area (Å²) in [5, 5.41) is 11.7. The van der Waals surface area contributed by atoms with Gasteiger partial charge in [0.05, 0.1) is 23.0 Å². The Morgan fingerprint density at radius 1 is 1.07 bits per heavy atom. The lowest BCUT2D eigenvalue weighted by molar-refractivity contribution is -0.0786. The average molecular weight is 555 g/mol. The van der Waals surface area contributed by atoms with Crippen LogP contribution in [-0.2, 0) is 4.74 Å². The number of nitrogens with one attached hydrogen (secondary N) is 1. The lowest BCUT2D eigenvalue weighted by Gasteiger charge is -2.58. The van der Waals surface area contributed by atoms with E-state index >= 15 is 0 Å². The van der Waals surface area contributed by atoms with Gasteiger partial charge >= 0.3 is 6.09 Å². The molecule has 1 spiro atoms. The zero-order valence-electron chi connectivity index (χ0n) is 23.8. The molecule has 0 aromatic carbocycles. The number of aryl methyl sites for hydroxylation is 1. The zero-order chi connectivity index (χ0) is 28.5. The standard InChI is InChI=1S/C31H34N6O4/c1-18-14-32-24(25-11-27(41-35-25)19-5-6-19)10-23(18)34-28(38)22-15-33-37-8-7-20(9-26(22)37)21-12-31(13-21)16-36(17-31)29(39)40-30(2,3)4/h7-11,14-15,19,21H,5-6,12-13,16-17H2,1-4H3,(H,32,34,38). The maximum atomic E-state index is 13.4. The number of carbonyl (C=O) groups excluding carboxylic acids is 2. The molecule has 4 aromatic heterocycles. The highest BCUT2D eigenvalue weighted by Gasteiger charge is 2.54. The normalized spacial score (nSPS) is 18.3. The van der Waals surface area contributed by atoms with E-state index in [-0.39, 0.29) is 17.4 Å². The molecule has 5 heterocycles. The summed E-state index contributed by atoms with van der Waals surface area (Å²) in [6.07, 6.45) is 9.32. The summed E-state index contributed by atoms with van der Waals surface area (Å²) in [5.41, 5.74) is 5.01. The fourth-order valence-electron chi connectivity index (χ4n) is 6.08. The van der Waals surface area contributed by atoms with E-state index in [1.54, 1.807) is 21.8 Å². The second kappa shape index (κ2) is 9.15. The molecule has 3 aliphatic rings. The summed E-state index contributed by atoms with van der Waals surface area (Å²) in [5.74, 6) is 1.52. The van der Waals surface area contributed by atoms with Crippen LogP contribution in [0.3, 0.4) is 0 Å².